The molecule has 0 radical (unpaired) electrons. The molecule has 16 heteroatoms. The average molecular weight is 561 g/mol. The Labute approximate surface area is 212 Å². The molecule has 0 aliphatic rings. The second kappa shape index (κ2) is 11.0. The van der Waals surface area contributed by atoms with E-state index in [2.05, 4.69) is 10.1 Å². The molecule has 38 heavy (non-hydrogen) atoms. The zero-order valence-corrected chi connectivity index (χ0v) is 19.6. The fourth-order valence-corrected chi connectivity index (χ4v) is 3.69. The number of urea groups is 1. The van der Waals surface area contributed by atoms with Gasteiger partial charge in [-0.3, -0.25) is 19.8 Å². The molecule has 1 heterocycles. The van der Waals surface area contributed by atoms with Crippen LogP contribution in [0.1, 0.15) is 36.9 Å². The van der Waals surface area contributed by atoms with Crippen molar-refractivity contribution in [2.24, 2.45) is 5.10 Å². The van der Waals surface area contributed by atoms with Gasteiger partial charge in [0, 0.05) is 7.05 Å². The van der Waals surface area contributed by atoms with E-state index in [0.717, 1.165) is 49.7 Å². The molecule has 3 aromatic rings. The van der Waals surface area contributed by atoms with E-state index in [0.29, 0.717) is 4.90 Å². The first kappa shape index (κ1) is 28.2. The summed E-state index contributed by atoms with van der Waals surface area (Å²) in [7, 11) is 0.966. The van der Waals surface area contributed by atoms with Crippen molar-refractivity contribution in [2.45, 2.75) is 12.4 Å². The molecule has 0 spiro atoms. The van der Waals surface area contributed by atoms with Crippen LogP contribution >= 0.6 is 11.3 Å². The average Bonchev–Trinajstić information content (AvgIpc) is 3.30. The SMILES string of the molecule is CN(C(=O)NC(=O)c1ccccc1F)c1nc(C(F)(F)F)c(C(=O)N/N=C/c2ccc(C(F)(F)F)cc2)s1. The maximum atomic E-state index is 13.7. The number of amides is 4. The van der Waals surface area contributed by atoms with Crippen LogP contribution in [0.25, 0.3) is 0 Å². The number of hydrogen-bond donors (Lipinski definition) is 2. The molecule has 1 aromatic heterocycles. The Kier molecular flexibility index (Phi) is 8.14. The number of hydrazone groups is 1. The number of alkyl halides is 6. The monoisotopic (exact) mass is 561 g/mol. The number of nitrogens with zero attached hydrogens (tertiary/aromatic N) is 3. The van der Waals surface area contributed by atoms with Gasteiger partial charge >= 0.3 is 18.4 Å². The van der Waals surface area contributed by atoms with Crippen molar-refractivity contribution < 1.29 is 45.1 Å². The van der Waals surface area contributed by atoms with E-state index in [1.165, 1.54) is 12.1 Å². The minimum Gasteiger partial charge on any atom is -0.273 e. The highest BCUT2D eigenvalue weighted by molar-refractivity contribution is 7.17. The van der Waals surface area contributed by atoms with Gasteiger partial charge in [0.25, 0.3) is 11.8 Å². The number of aromatic nitrogens is 1. The lowest BCUT2D eigenvalue weighted by atomic mass is 10.1. The third kappa shape index (κ3) is 6.70. The Hall–Kier alpha value is -4.34. The molecule has 0 saturated heterocycles. The van der Waals surface area contributed by atoms with Crippen LogP contribution in [-0.4, -0.2) is 36.1 Å². The zero-order valence-electron chi connectivity index (χ0n) is 18.8. The summed E-state index contributed by atoms with van der Waals surface area (Å²) in [6.07, 6.45) is -8.79. The fourth-order valence-electron chi connectivity index (χ4n) is 2.75. The van der Waals surface area contributed by atoms with Crippen LogP contribution < -0.4 is 15.6 Å². The smallest absolute Gasteiger partial charge is 0.273 e. The number of anilines is 1. The van der Waals surface area contributed by atoms with E-state index in [4.69, 9.17) is 0 Å². The van der Waals surface area contributed by atoms with Crippen molar-refractivity contribution in [3.8, 4) is 0 Å². The van der Waals surface area contributed by atoms with Gasteiger partial charge in [0.2, 0.25) is 0 Å². The molecule has 200 valence electrons. The van der Waals surface area contributed by atoms with Gasteiger partial charge in [-0.15, -0.1) is 0 Å². The van der Waals surface area contributed by atoms with Crippen LogP contribution in [0.3, 0.4) is 0 Å². The van der Waals surface area contributed by atoms with Crippen molar-refractivity contribution in [3.05, 3.63) is 81.6 Å². The normalized spacial score (nSPS) is 11.9. The Morgan fingerprint density at radius 1 is 0.947 bits per heavy atom. The molecule has 8 nitrogen and oxygen atoms in total. The van der Waals surface area contributed by atoms with E-state index in [9.17, 15) is 45.1 Å². The second-order valence-electron chi connectivity index (χ2n) is 7.29. The van der Waals surface area contributed by atoms with Gasteiger partial charge in [-0.2, -0.15) is 31.4 Å². The molecule has 0 fully saturated rings. The van der Waals surface area contributed by atoms with Crippen LogP contribution in [0, 0.1) is 5.82 Å². The minimum atomic E-state index is -5.13. The highest BCUT2D eigenvalue weighted by Crippen LogP contribution is 2.37. The third-order valence-electron chi connectivity index (χ3n) is 4.64. The number of carbonyl (C=O) groups is 3. The molecule has 0 unspecified atom stereocenters. The Morgan fingerprint density at radius 3 is 2.16 bits per heavy atom. The van der Waals surface area contributed by atoms with Gasteiger partial charge < -0.3 is 0 Å². The first-order valence-electron chi connectivity index (χ1n) is 10.1. The summed E-state index contributed by atoms with van der Waals surface area (Å²) >= 11 is 0.146. The first-order chi connectivity index (χ1) is 17.7. The molecule has 0 saturated carbocycles. The van der Waals surface area contributed by atoms with Crippen molar-refractivity contribution in [1.29, 1.82) is 0 Å². The summed E-state index contributed by atoms with van der Waals surface area (Å²) in [5.74, 6) is -3.48. The number of carbonyl (C=O) groups excluding carboxylic acids is 3. The highest BCUT2D eigenvalue weighted by Gasteiger charge is 2.40. The van der Waals surface area contributed by atoms with Gasteiger partial charge in [-0.25, -0.2) is 19.6 Å². The lowest BCUT2D eigenvalue weighted by Gasteiger charge is -2.14. The van der Waals surface area contributed by atoms with Crippen molar-refractivity contribution in [3.63, 3.8) is 0 Å². The molecule has 2 N–H and O–H groups in total. The Balaban J connectivity index is 1.76. The number of hydrogen-bond acceptors (Lipinski definition) is 6. The molecular weight excluding hydrogens is 547 g/mol. The lowest BCUT2D eigenvalue weighted by Crippen LogP contribution is -2.41. The van der Waals surface area contributed by atoms with Crippen molar-refractivity contribution in [1.82, 2.24) is 15.7 Å². The van der Waals surface area contributed by atoms with E-state index in [-0.39, 0.29) is 16.9 Å². The minimum absolute atomic E-state index is 0.107. The lowest BCUT2D eigenvalue weighted by molar-refractivity contribution is -0.141. The number of halogens is 7. The molecule has 2 aromatic carbocycles. The quantitative estimate of drug-likeness (QED) is 0.258. The van der Waals surface area contributed by atoms with Crippen molar-refractivity contribution >= 4 is 40.5 Å². The number of rotatable bonds is 5. The van der Waals surface area contributed by atoms with E-state index in [1.807, 2.05) is 5.43 Å². The maximum absolute atomic E-state index is 13.7. The van der Waals surface area contributed by atoms with Crippen LogP contribution in [0.2, 0.25) is 0 Å². The molecule has 0 aliphatic carbocycles. The Bertz CT molecular complexity index is 1390. The highest BCUT2D eigenvalue weighted by atomic mass is 32.1. The molecule has 0 aliphatic heterocycles. The third-order valence-corrected chi connectivity index (χ3v) is 5.77. The van der Waals surface area contributed by atoms with Gasteiger partial charge in [0.1, 0.15) is 10.7 Å². The zero-order chi connectivity index (χ0) is 28.3. The summed E-state index contributed by atoms with van der Waals surface area (Å²) in [5.41, 5.74) is -1.16. The molecule has 0 bridgehead atoms. The summed E-state index contributed by atoms with van der Waals surface area (Å²) in [5, 5.41) is 4.60. The van der Waals surface area contributed by atoms with Crippen molar-refractivity contribution in [2.75, 3.05) is 11.9 Å². The summed E-state index contributed by atoms with van der Waals surface area (Å²) in [6.45, 7) is 0. The maximum Gasteiger partial charge on any atom is 0.435 e. The van der Waals surface area contributed by atoms with E-state index < -0.39 is 62.8 Å². The van der Waals surface area contributed by atoms with Crippen LogP contribution in [0.5, 0.6) is 0 Å². The van der Waals surface area contributed by atoms with Crippen LogP contribution in [0.15, 0.2) is 53.6 Å². The number of thiazole rings is 1. The van der Waals surface area contributed by atoms with Crippen LogP contribution in [-0.2, 0) is 12.4 Å². The number of nitrogens with one attached hydrogen (secondary N) is 2. The van der Waals surface area contributed by atoms with Gasteiger partial charge in [-0.1, -0.05) is 35.6 Å². The topological polar surface area (TPSA) is 104 Å². The van der Waals surface area contributed by atoms with Crippen LogP contribution in [0.4, 0.5) is 40.7 Å². The standard InChI is InChI=1S/C22H14F7N5O3S/c1-34(19(37)32-17(35)13-4-2-3-5-14(13)23)20-31-16(22(27,28)29)15(38-20)18(36)33-30-10-11-6-8-12(9-7-11)21(24,25)26/h2-10H,1H3,(H,33,36)(H,32,35,37)/b30-10+. The van der Waals surface area contributed by atoms with E-state index in [1.54, 1.807) is 5.32 Å². The predicted octanol–water partition coefficient (Wildman–Crippen LogP) is 5.07. The molecule has 0 atom stereocenters. The van der Waals surface area contributed by atoms with Gasteiger partial charge in [0.15, 0.2) is 10.8 Å². The van der Waals surface area contributed by atoms with Gasteiger partial charge in [-0.05, 0) is 29.8 Å². The van der Waals surface area contributed by atoms with Gasteiger partial charge in [0.05, 0.1) is 17.3 Å². The fraction of sp³-hybridized carbons (Fsp3) is 0.136. The molecular formula is C22H14F7N5O3S. The molecule has 4 amide bonds. The first-order valence-corrected chi connectivity index (χ1v) is 10.9. The summed E-state index contributed by atoms with van der Waals surface area (Å²) in [6, 6.07) is 6.97. The second-order valence-corrected chi connectivity index (χ2v) is 8.27. The number of benzene rings is 2. The largest absolute Gasteiger partial charge is 0.435 e. The summed E-state index contributed by atoms with van der Waals surface area (Å²) in [4.78, 5) is 39.7. The molecule has 3 rings (SSSR count). The number of imide groups is 1. The predicted molar refractivity (Wildman–Crippen MR) is 121 cm³/mol. The summed E-state index contributed by atoms with van der Waals surface area (Å²) < 4.78 is 92.1. The Morgan fingerprint density at radius 2 is 1.58 bits per heavy atom. The van der Waals surface area contributed by atoms with E-state index >= 15 is 0 Å².